The molecule has 0 fully saturated rings. The molecular weight excluding hydrogens is 270 g/mol. The summed E-state index contributed by atoms with van der Waals surface area (Å²) in [6.45, 7) is 0.537. The van der Waals surface area contributed by atoms with E-state index in [0.29, 0.717) is 17.9 Å². The largest absolute Gasteiger partial charge is 0.306 e. The summed E-state index contributed by atoms with van der Waals surface area (Å²) < 4.78 is 0. The van der Waals surface area contributed by atoms with Crippen molar-refractivity contribution in [2.45, 2.75) is 11.4 Å². The number of thioether (sulfide) groups is 1. The van der Waals surface area contributed by atoms with E-state index in [2.05, 4.69) is 0 Å². The standard InChI is InChI=1S/C16H13NO2S/c18-10-13-6-7-15-14(8-13)17(16(19)11-20-15)9-12-4-2-1-3-5-12/h1-8,10H,9,11H2. The first-order valence-electron chi connectivity index (χ1n) is 6.34. The Morgan fingerprint density at radius 3 is 2.70 bits per heavy atom. The third-order valence-electron chi connectivity index (χ3n) is 3.25. The molecule has 2 aromatic rings. The number of amides is 1. The number of rotatable bonds is 3. The van der Waals surface area contributed by atoms with Gasteiger partial charge in [-0.2, -0.15) is 0 Å². The Balaban J connectivity index is 1.98. The number of carbonyl (C=O) groups is 2. The molecule has 1 aliphatic heterocycles. The van der Waals surface area contributed by atoms with Crippen molar-refractivity contribution in [2.24, 2.45) is 0 Å². The third-order valence-corrected chi connectivity index (χ3v) is 4.29. The van der Waals surface area contributed by atoms with E-state index in [0.717, 1.165) is 22.4 Å². The minimum absolute atomic E-state index is 0.0782. The summed E-state index contributed by atoms with van der Waals surface area (Å²) in [5.74, 6) is 0.523. The highest BCUT2D eigenvalue weighted by atomic mass is 32.2. The molecule has 1 aliphatic rings. The van der Waals surface area contributed by atoms with Gasteiger partial charge >= 0.3 is 0 Å². The van der Waals surface area contributed by atoms with E-state index in [-0.39, 0.29) is 5.91 Å². The second-order valence-corrected chi connectivity index (χ2v) is 5.62. The fourth-order valence-corrected chi connectivity index (χ4v) is 3.15. The molecule has 0 spiro atoms. The molecule has 20 heavy (non-hydrogen) atoms. The van der Waals surface area contributed by atoms with Crippen LogP contribution in [0.1, 0.15) is 15.9 Å². The lowest BCUT2D eigenvalue weighted by molar-refractivity contribution is -0.116. The molecule has 0 unspecified atom stereocenters. The summed E-state index contributed by atoms with van der Waals surface area (Å²) in [7, 11) is 0. The number of aldehydes is 1. The van der Waals surface area contributed by atoms with Crippen LogP contribution < -0.4 is 4.90 Å². The van der Waals surface area contributed by atoms with Gasteiger partial charge in [0.25, 0.3) is 0 Å². The Morgan fingerprint density at radius 1 is 1.15 bits per heavy atom. The number of nitrogens with zero attached hydrogens (tertiary/aromatic N) is 1. The van der Waals surface area contributed by atoms with Crippen molar-refractivity contribution in [3.63, 3.8) is 0 Å². The molecule has 0 radical (unpaired) electrons. The summed E-state index contributed by atoms with van der Waals surface area (Å²) in [4.78, 5) is 25.9. The van der Waals surface area contributed by atoms with Crippen LogP contribution in [-0.4, -0.2) is 17.9 Å². The van der Waals surface area contributed by atoms with Gasteiger partial charge in [0.1, 0.15) is 6.29 Å². The van der Waals surface area contributed by atoms with Crippen molar-refractivity contribution in [1.29, 1.82) is 0 Å². The molecule has 3 rings (SSSR count). The number of anilines is 1. The van der Waals surface area contributed by atoms with Gasteiger partial charge in [-0.15, -0.1) is 11.8 Å². The van der Waals surface area contributed by atoms with Gasteiger partial charge in [-0.3, -0.25) is 9.59 Å². The van der Waals surface area contributed by atoms with Gasteiger partial charge in [0.15, 0.2) is 0 Å². The van der Waals surface area contributed by atoms with Crippen LogP contribution in [0, 0.1) is 0 Å². The minimum atomic E-state index is 0.0782. The van der Waals surface area contributed by atoms with Gasteiger partial charge < -0.3 is 4.90 Å². The van der Waals surface area contributed by atoms with E-state index in [9.17, 15) is 9.59 Å². The van der Waals surface area contributed by atoms with Gasteiger partial charge in [-0.05, 0) is 17.7 Å². The Morgan fingerprint density at radius 2 is 1.95 bits per heavy atom. The van der Waals surface area contributed by atoms with Crippen LogP contribution in [-0.2, 0) is 11.3 Å². The predicted octanol–water partition coefficient (Wildman–Crippen LogP) is 3.14. The molecule has 0 N–H and O–H groups in total. The summed E-state index contributed by atoms with van der Waals surface area (Å²) in [6.07, 6.45) is 0.810. The highest BCUT2D eigenvalue weighted by Gasteiger charge is 2.24. The summed E-state index contributed by atoms with van der Waals surface area (Å²) in [5.41, 5.74) is 2.51. The van der Waals surface area contributed by atoms with Crippen LogP contribution in [0.3, 0.4) is 0 Å². The lowest BCUT2D eigenvalue weighted by Gasteiger charge is -2.29. The van der Waals surface area contributed by atoms with E-state index in [4.69, 9.17) is 0 Å². The second-order valence-electron chi connectivity index (χ2n) is 4.60. The minimum Gasteiger partial charge on any atom is -0.306 e. The molecule has 0 bridgehead atoms. The van der Waals surface area contributed by atoms with Crippen LogP contribution in [0.5, 0.6) is 0 Å². The lowest BCUT2D eigenvalue weighted by atomic mass is 10.1. The number of benzene rings is 2. The zero-order valence-corrected chi connectivity index (χ0v) is 11.6. The molecule has 0 aromatic heterocycles. The van der Waals surface area contributed by atoms with Crippen molar-refractivity contribution < 1.29 is 9.59 Å². The maximum Gasteiger partial charge on any atom is 0.237 e. The summed E-state index contributed by atoms with van der Waals surface area (Å²) >= 11 is 1.52. The van der Waals surface area contributed by atoms with Crippen molar-refractivity contribution in [1.82, 2.24) is 0 Å². The lowest BCUT2D eigenvalue weighted by Crippen LogP contribution is -2.34. The average molecular weight is 283 g/mol. The fraction of sp³-hybridized carbons (Fsp3) is 0.125. The molecule has 0 aliphatic carbocycles. The predicted molar refractivity (Wildman–Crippen MR) is 80.2 cm³/mol. The third kappa shape index (κ3) is 2.47. The van der Waals surface area contributed by atoms with E-state index < -0.39 is 0 Å². The zero-order valence-electron chi connectivity index (χ0n) is 10.8. The quantitative estimate of drug-likeness (QED) is 0.812. The van der Waals surface area contributed by atoms with E-state index in [1.807, 2.05) is 36.4 Å². The van der Waals surface area contributed by atoms with Gasteiger partial charge in [0, 0.05) is 10.5 Å². The molecule has 1 heterocycles. The Labute approximate surface area is 121 Å². The first-order valence-corrected chi connectivity index (χ1v) is 7.33. The summed E-state index contributed by atoms with van der Waals surface area (Å²) in [5, 5.41) is 0. The maximum atomic E-state index is 12.2. The van der Waals surface area contributed by atoms with Crippen LogP contribution >= 0.6 is 11.8 Å². The van der Waals surface area contributed by atoms with Crippen LogP contribution in [0.15, 0.2) is 53.4 Å². The van der Waals surface area contributed by atoms with Crippen molar-refractivity contribution in [2.75, 3.05) is 10.7 Å². The molecule has 4 heteroatoms. The molecular formula is C16H13NO2S. The average Bonchev–Trinajstić information content (AvgIpc) is 2.51. The maximum absolute atomic E-state index is 12.2. The zero-order chi connectivity index (χ0) is 13.9. The first-order chi connectivity index (χ1) is 9.78. The van der Waals surface area contributed by atoms with E-state index in [1.54, 1.807) is 17.0 Å². The molecule has 0 atom stereocenters. The SMILES string of the molecule is O=Cc1ccc2c(c1)N(Cc1ccccc1)C(=O)CS2. The monoisotopic (exact) mass is 283 g/mol. The van der Waals surface area contributed by atoms with Gasteiger partial charge in [-0.25, -0.2) is 0 Å². The number of hydrogen-bond acceptors (Lipinski definition) is 3. The van der Waals surface area contributed by atoms with E-state index >= 15 is 0 Å². The Hall–Kier alpha value is -2.07. The van der Waals surface area contributed by atoms with Crippen LogP contribution in [0.4, 0.5) is 5.69 Å². The normalized spacial score (nSPS) is 14.0. The first kappa shape index (κ1) is 12.9. The Kier molecular flexibility index (Phi) is 3.56. The topological polar surface area (TPSA) is 37.4 Å². The van der Waals surface area contributed by atoms with Crippen molar-refractivity contribution >= 4 is 29.6 Å². The van der Waals surface area contributed by atoms with Crippen LogP contribution in [0.2, 0.25) is 0 Å². The van der Waals surface area contributed by atoms with Gasteiger partial charge in [-0.1, -0.05) is 36.4 Å². The van der Waals surface area contributed by atoms with Gasteiger partial charge in [0.05, 0.1) is 18.0 Å². The molecule has 0 saturated heterocycles. The van der Waals surface area contributed by atoms with Crippen molar-refractivity contribution in [3.8, 4) is 0 Å². The fourth-order valence-electron chi connectivity index (χ4n) is 2.23. The number of fused-ring (bicyclic) bond motifs is 1. The summed E-state index contributed by atoms with van der Waals surface area (Å²) in [6, 6.07) is 15.4. The van der Waals surface area contributed by atoms with Crippen LogP contribution in [0.25, 0.3) is 0 Å². The molecule has 100 valence electrons. The second kappa shape index (κ2) is 5.51. The smallest absolute Gasteiger partial charge is 0.237 e. The van der Waals surface area contributed by atoms with Crippen molar-refractivity contribution in [3.05, 3.63) is 59.7 Å². The number of hydrogen-bond donors (Lipinski definition) is 0. The Bertz CT molecular complexity index is 655. The highest BCUT2D eigenvalue weighted by Crippen LogP contribution is 2.36. The van der Waals surface area contributed by atoms with Gasteiger partial charge in [0.2, 0.25) is 5.91 Å². The molecule has 1 amide bonds. The molecule has 0 saturated carbocycles. The number of carbonyl (C=O) groups excluding carboxylic acids is 2. The molecule has 3 nitrogen and oxygen atoms in total. The van der Waals surface area contributed by atoms with E-state index in [1.165, 1.54) is 11.8 Å². The molecule has 2 aromatic carbocycles. The highest BCUT2D eigenvalue weighted by molar-refractivity contribution is 8.00.